The molecule has 2 aromatic carbocycles. The smallest absolute Gasteiger partial charge is 0.410 e. The van der Waals surface area contributed by atoms with E-state index in [9.17, 15) is 24.9 Å². The molecular formula is C26H35N3O6. The van der Waals surface area contributed by atoms with Crippen LogP contribution in [0.1, 0.15) is 25.0 Å². The van der Waals surface area contributed by atoms with E-state index in [1.165, 1.54) is 0 Å². The van der Waals surface area contributed by atoms with E-state index in [1.54, 1.807) is 4.90 Å². The number of aliphatic hydroxyl groups is 2. The molecule has 1 heterocycles. The SMILES string of the molecule is CC1(C)CN([C@@H](Cc2ccccc2)C(O)CNC[C@@H](O)[C@H](Cc2ccccc2)NC(=O)O)C(=O)O1. The highest BCUT2D eigenvalue weighted by atomic mass is 16.6. The molecule has 0 bridgehead atoms. The Kier molecular flexibility index (Phi) is 9.08. The zero-order chi connectivity index (χ0) is 25.4. The Morgan fingerprint density at radius 1 is 0.971 bits per heavy atom. The molecule has 190 valence electrons. The van der Waals surface area contributed by atoms with E-state index < -0.39 is 42.1 Å². The van der Waals surface area contributed by atoms with Crippen molar-refractivity contribution < 1.29 is 29.6 Å². The van der Waals surface area contributed by atoms with Crippen LogP contribution in [0.25, 0.3) is 0 Å². The number of amides is 2. The summed E-state index contributed by atoms with van der Waals surface area (Å²) in [5.41, 5.74) is 1.22. The average Bonchev–Trinajstić information content (AvgIpc) is 3.09. The van der Waals surface area contributed by atoms with Crippen LogP contribution in [0.2, 0.25) is 0 Å². The van der Waals surface area contributed by atoms with Crippen LogP contribution in [-0.2, 0) is 17.6 Å². The minimum atomic E-state index is -1.22. The van der Waals surface area contributed by atoms with E-state index in [2.05, 4.69) is 10.6 Å². The fraction of sp³-hybridized carbons (Fsp3) is 0.462. The lowest BCUT2D eigenvalue weighted by Crippen LogP contribution is -2.52. The quantitative estimate of drug-likeness (QED) is 0.311. The Labute approximate surface area is 205 Å². The molecule has 1 saturated heterocycles. The van der Waals surface area contributed by atoms with Crippen molar-refractivity contribution in [1.82, 2.24) is 15.5 Å². The number of hydrogen-bond acceptors (Lipinski definition) is 6. The van der Waals surface area contributed by atoms with Gasteiger partial charge in [0.2, 0.25) is 0 Å². The van der Waals surface area contributed by atoms with Gasteiger partial charge in [-0.25, -0.2) is 9.59 Å². The lowest BCUT2D eigenvalue weighted by Gasteiger charge is -2.31. The van der Waals surface area contributed by atoms with Gasteiger partial charge in [0.25, 0.3) is 0 Å². The number of hydrogen-bond donors (Lipinski definition) is 5. The molecule has 0 saturated carbocycles. The van der Waals surface area contributed by atoms with Crippen molar-refractivity contribution in [1.29, 1.82) is 0 Å². The molecule has 1 aliphatic rings. The van der Waals surface area contributed by atoms with Crippen molar-refractivity contribution in [2.24, 2.45) is 0 Å². The normalized spacial score (nSPS) is 18.4. The molecule has 1 unspecified atom stereocenters. The van der Waals surface area contributed by atoms with E-state index in [0.717, 1.165) is 11.1 Å². The summed E-state index contributed by atoms with van der Waals surface area (Å²) < 4.78 is 5.45. The second-order valence-electron chi connectivity index (χ2n) is 9.55. The standard InChI is InChI=1S/C26H35N3O6/c1-26(2)17-29(25(34)35-26)21(14-19-11-7-4-8-12-19)23(31)16-27-15-22(30)20(28-24(32)33)13-18-9-5-3-6-10-18/h3-12,20-23,27-28,30-31H,13-17H2,1-2H3,(H,32,33)/t20-,21-,22+,23?/m0/s1. The largest absolute Gasteiger partial charge is 0.465 e. The van der Waals surface area contributed by atoms with Crippen molar-refractivity contribution in [3.05, 3.63) is 71.8 Å². The maximum Gasteiger partial charge on any atom is 0.410 e. The van der Waals surface area contributed by atoms with Crippen LogP contribution >= 0.6 is 0 Å². The summed E-state index contributed by atoms with van der Waals surface area (Å²) in [6.45, 7) is 4.17. The van der Waals surface area contributed by atoms with Gasteiger partial charge in [0.1, 0.15) is 5.60 Å². The maximum absolute atomic E-state index is 12.5. The van der Waals surface area contributed by atoms with Crippen LogP contribution in [0, 0.1) is 0 Å². The van der Waals surface area contributed by atoms with Gasteiger partial charge in [0, 0.05) is 13.1 Å². The number of carbonyl (C=O) groups is 2. The van der Waals surface area contributed by atoms with Crippen LogP contribution in [0.3, 0.4) is 0 Å². The monoisotopic (exact) mass is 485 g/mol. The second-order valence-corrected chi connectivity index (χ2v) is 9.55. The Morgan fingerprint density at radius 3 is 2.03 bits per heavy atom. The molecule has 9 heteroatoms. The molecule has 9 nitrogen and oxygen atoms in total. The molecule has 1 aliphatic heterocycles. The topological polar surface area (TPSA) is 131 Å². The molecule has 0 aliphatic carbocycles. The summed E-state index contributed by atoms with van der Waals surface area (Å²) in [7, 11) is 0. The van der Waals surface area contributed by atoms with Gasteiger partial charge in [-0.05, 0) is 37.8 Å². The number of cyclic esters (lactones) is 1. The molecule has 2 amide bonds. The van der Waals surface area contributed by atoms with E-state index >= 15 is 0 Å². The molecule has 0 aromatic heterocycles. The van der Waals surface area contributed by atoms with Crippen molar-refractivity contribution >= 4 is 12.2 Å². The second kappa shape index (κ2) is 12.0. The number of benzene rings is 2. The van der Waals surface area contributed by atoms with Gasteiger partial charge in [-0.15, -0.1) is 0 Å². The number of nitrogens with zero attached hydrogens (tertiary/aromatic N) is 1. The third-order valence-electron chi connectivity index (χ3n) is 6.06. The molecule has 1 fully saturated rings. The molecule has 0 spiro atoms. The zero-order valence-electron chi connectivity index (χ0n) is 20.1. The van der Waals surface area contributed by atoms with E-state index in [0.29, 0.717) is 19.4 Å². The van der Waals surface area contributed by atoms with Gasteiger partial charge >= 0.3 is 12.2 Å². The van der Waals surface area contributed by atoms with Gasteiger partial charge in [-0.2, -0.15) is 0 Å². The molecule has 5 N–H and O–H groups in total. The first kappa shape index (κ1) is 26.5. The highest BCUT2D eigenvalue weighted by Crippen LogP contribution is 2.26. The summed E-state index contributed by atoms with van der Waals surface area (Å²) >= 11 is 0. The summed E-state index contributed by atoms with van der Waals surface area (Å²) in [6, 6.07) is 17.6. The molecule has 35 heavy (non-hydrogen) atoms. The summed E-state index contributed by atoms with van der Waals surface area (Å²) in [4.78, 5) is 25.3. The highest BCUT2D eigenvalue weighted by molar-refractivity contribution is 5.71. The zero-order valence-corrected chi connectivity index (χ0v) is 20.1. The highest BCUT2D eigenvalue weighted by Gasteiger charge is 2.43. The van der Waals surface area contributed by atoms with E-state index in [1.807, 2.05) is 74.5 Å². The third-order valence-corrected chi connectivity index (χ3v) is 6.06. The van der Waals surface area contributed by atoms with Crippen molar-refractivity contribution in [2.75, 3.05) is 19.6 Å². The first-order valence-electron chi connectivity index (χ1n) is 11.8. The van der Waals surface area contributed by atoms with Gasteiger partial charge in [-0.3, -0.25) is 4.90 Å². The lowest BCUT2D eigenvalue weighted by atomic mass is 9.98. The minimum absolute atomic E-state index is 0.0584. The first-order valence-corrected chi connectivity index (χ1v) is 11.8. The summed E-state index contributed by atoms with van der Waals surface area (Å²) in [5.74, 6) is 0. The molecule has 2 aromatic rings. The fourth-order valence-electron chi connectivity index (χ4n) is 4.33. The molecule has 0 radical (unpaired) electrons. The molecule has 4 atom stereocenters. The van der Waals surface area contributed by atoms with Crippen LogP contribution < -0.4 is 10.6 Å². The van der Waals surface area contributed by atoms with Crippen LogP contribution in [0.4, 0.5) is 9.59 Å². The Bertz CT molecular complexity index is 956. The van der Waals surface area contributed by atoms with Crippen molar-refractivity contribution in [2.45, 2.75) is 56.6 Å². The minimum Gasteiger partial charge on any atom is -0.465 e. The number of carboxylic acid groups (broad SMARTS) is 1. The molecule has 3 rings (SSSR count). The fourth-order valence-corrected chi connectivity index (χ4v) is 4.33. The van der Waals surface area contributed by atoms with E-state index in [-0.39, 0.29) is 13.1 Å². The predicted octanol–water partition coefficient (Wildman–Crippen LogP) is 2.02. The number of rotatable bonds is 12. The number of ether oxygens (including phenoxy) is 1. The van der Waals surface area contributed by atoms with Crippen molar-refractivity contribution in [3.8, 4) is 0 Å². The maximum atomic E-state index is 12.5. The lowest BCUT2D eigenvalue weighted by molar-refractivity contribution is 0.0620. The Morgan fingerprint density at radius 2 is 1.51 bits per heavy atom. The van der Waals surface area contributed by atoms with Gasteiger partial charge < -0.3 is 30.7 Å². The predicted molar refractivity (Wildman–Crippen MR) is 131 cm³/mol. The van der Waals surface area contributed by atoms with Crippen LogP contribution in [0.15, 0.2) is 60.7 Å². The Hall–Kier alpha value is -3.14. The number of nitrogens with one attached hydrogen (secondary N) is 2. The Balaban J connectivity index is 1.62. The third kappa shape index (κ3) is 7.95. The molecular weight excluding hydrogens is 450 g/mol. The van der Waals surface area contributed by atoms with Gasteiger partial charge in [0.05, 0.1) is 30.8 Å². The van der Waals surface area contributed by atoms with Gasteiger partial charge in [-0.1, -0.05) is 60.7 Å². The summed E-state index contributed by atoms with van der Waals surface area (Å²) in [6.07, 6.45) is -2.89. The number of aliphatic hydroxyl groups excluding tert-OH is 2. The van der Waals surface area contributed by atoms with Gasteiger partial charge in [0.15, 0.2) is 0 Å². The number of carbonyl (C=O) groups excluding carboxylic acids is 1. The first-order chi connectivity index (χ1) is 16.6. The van der Waals surface area contributed by atoms with E-state index in [4.69, 9.17) is 4.74 Å². The summed E-state index contributed by atoms with van der Waals surface area (Å²) in [5, 5.41) is 36.3. The van der Waals surface area contributed by atoms with Crippen LogP contribution in [-0.4, -0.2) is 81.9 Å². The van der Waals surface area contributed by atoms with Crippen molar-refractivity contribution in [3.63, 3.8) is 0 Å². The van der Waals surface area contributed by atoms with Crippen LogP contribution in [0.5, 0.6) is 0 Å². The average molecular weight is 486 g/mol.